The zero-order valence-electron chi connectivity index (χ0n) is 8.50. The third-order valence-electron chi connectivity index (χ3n) is 1.75. The topological polar surface area (TPSA) is 33.0 Å². The van der Waals surface area contributed by atoms with Crippen molar-refractivity contribution >= 4 is 11.8 Å². The van der Waals surface area contributed by atoms with Crippen LogP contribution in [0.2, 0.25) is 0 Å². The van der Waals surface area contributed by atoms with Gasteiger partial charge in [-0.25, -0.2) is 4.39 Å². The van der Waals surface area contributed by atoms with Crippen LogP contribution >= 0.6 is 11.8 Å². The van der Waals surface area contributed by atoms with E-state index in [0.717, 1.165) is 11.5 Å². The van der Waals surface area contributed by atoms with Crippen LogP contribution in [-0.4, -0.2) is 18.1 Å². The minimum absolute atomic E-state index is 0.214. The molecule has 0 radical (unpaired) electrons. The van der Waals surface area contributed by atoms with Crippen LogP contribution in [0.5, 0.6) is 5.75 Å². The van der Waals surface area contributed by atoms with Gasteiger partial charge in [-0.1, -0.05) is 6.92 Å². The average molecular weight is 225 g/mol. The van der Waals surface area contributed by atoms with E-state index in [4.69, 9.17) is 10.00 Å². The van der Waals surface area contributed by atoms with Crippen molar-refractivity contribution in [2.24, 2.45) is 0 Å². The highest BCUT2D eigenvalue weighted by Crippen LogP contribution is 2.18. The SMILES string of the molecule is CCSCCOc1ccc(C#N)cc1F. The van der Waals surface area contributed by atoms with Crippen LogP contribution in [0.4, 0.5) is 4.39 Å². The van der Waals surface area contributed by atoms with Gasteiger partial charge in [0.2, 0.25) is 0 Å². The normalized spacial score (nSPS) is 9.67. The van der Waals surface area contributed by atoms with Gasteiger partial charge in [-0.3, -0.25) is 0 Å². The highest BCUT2D eigenvalue weighted by atomic mass is 32.2. The minimum Gasteiger partial charge on any atom is -0.490 e. The Morgan fingerprint density at radius 3 is 2.93 bits per heavy atom. The molecule has 0 atom stereocenters. The van der Waals surface area contributed by atoms with Gasteiger partial charge in [0.25, 0.3) is 0 Å². The van der Waals surface area contributed by atoms with E-state index in [2.05, 4.69) is 6.92 Å². The van der Waals surface area contributed by atoms with Crippen molar-refractivity contribution in [1.82, 2.24) is 0 Å². The van der Waals surface area contributed by atoms with E-state index < -0.39 is 5.82 Å². The molecule has 0 N–H and O–H groups in total. The van der Waals surface area contributed by atoms with Crippen LogP contribution < -0.4 is 4.74 Å². The molecule has 0 saturated heterocycles. The predicted molar refractivity (Wildman–Crippen MR) is 59.6 cm³/mol. The van der Waals surface area contributed by atoms with Crippen LogP contribution in [0.25, 0.3) is 0 Å². The number of ether oxygens (including phenoxy) is 1. The Kier molecular flexibility index (Phi) is 4.99. The molecule has 15 heavy (non-hydrogen) atoms. The Labute approximate surface area is 93.1 Å². The van der Waals surface area contributed by atoms with Crippen LogP contribution in [0, 0.1) is 17.1 Å². The molecule has 4 heteroatoms. The number of nitriles is 1. The van der Waals surface area contributed by atoms with E-state index in [0.29, 0.717) is 12.2 Å². The molecule has 0 aliphatic carbocycles. The molecule has 0 fully saturated rings. The molecule has 1 rings (SSSR count). The number of benzene rings is 1. The van der Waals surface area contributed by atoms with Gasteiger partial charge in [-0.15, -0.1) is 0 Å². The van der Waals surface area contributed by atoms with Crippen molar-refractivity contribution in [3.05, 3.63) is 29.6 Å². The Balaban J connectivity index is 2.52. The maximum Gasteiger partial charge on any atom is 0.166 e. The summed E-state index contributed by atoms with van der Waals surface area (Å²) in [5.41, 5.74) is 0.308. The molecule has 0 aromatic heterocycles. The fourth-order valence-corrected chi connectivity index (χ4v) is 1.53. The fraction of sp³-hybridized carbons (Fsp3) is 0.364. The largest absolute Gasteiger partial charge is 0.490 e. The summed E-state index contributed by atoms with van der Waals surface area (Å²) >= 11 is 1.74. The number of nitrogens with zero attached hydrogens (tertiary/aromatic N) is 1. The smallest absolute Gasteiger partial charge is 0.166 e. The lowest BCUT2D eigenvalue weighted by Crippen LogP contribution is -2.02. The summed E-state index contributed by atoms with van der Waals surface area (Å²) in [4.78, 5) is 0. The molecule has 0 spiro atoms. The van der Waals surface area contributed by atoms with Crippen molar-refractivity contribution in [3.8, 4) is 11.8 Å². The van der Waals surface area contributed by atoms with E-state index in [1.807, 2.05) is 6.07 Å². The molecule has 80 valence electrons. The third kappa shape index (κ3) is 3.80. The van der Waals surface area contributed by atoms with Crippen molar-refractivity contribution < 1.29 is 9.13 Å². The van der Waals surface area contributed by atoms with Gasteiger partial charge < -0.3 is 4.74 Å². The lowest BCUT2D eigenvalue weighted by molar-refractivity contribution is 0.325. The molecule has 0 aliphatic heterocycles. The van der Waals surface area contributed by atoms with E-state index in [1.165, 1.54) is 12.1 Å². The highest BCUT2D eigenvalue weighted by molar-refractivity contribution is 7.99. The summed E-state index contributed by atoms with van der Waals surface area (Å²) in [5.74, 6) is 1.61. The summed E-state index contributed by atoms with van der Waals surface area (Å²) in [7, 11) is 0. The summed E-state index contributed by atoms with van der Waals surface area (Å²) in [6.45, 7) is 2.55. The molecule has 0 aliphatic rings. The average Bonchev–Trinajstić information content (AvgIpc) is 2.26. The first-order valence-electron chi connectivity index (χ1n) is 4.68. The van der Waals surface area contributed by atoms with Gasteiger partial charge in [-0.2, -0.15) is 17.0 Å². The first kappa shape index (κ1) is 11.9. The van der Waals surface area contributed by atoms with E-state index in [9.17, 15) is 4.39 Å². The van der Waals surface area contributed by atoms with Gasteiger partial charge in [0.05, 0.1) is 18.2 Å². The molecule has 0 unspecified atom stereocenters. The van der Waals surface area contributed by atoms with E-state index >= 15 is 0 Å². The molecular formula is C11H12FNOS. The second kappa shape index (κ2) is 6.31. The van der Waals surface area contributed by atoms with Gasteiger partial charge >= 0.3 is 0 Å². The quantitative estimate of drug-likeness (QED) is 0.722. The maximum atomic E-state index is 13.3. The van der Waals surface area contributed by atoms with Gasteiger partial charge in [0, 0.05) is 5.75 Å². The minimum atomic E-state index is -0.476. The lowest BCUT2D eigenvalue weighted by atomic mass is 10.2. The Morgan fingerprint density at radius 2 is 2.33 bits per heavy atom. The molecule has 0 amide bonds. The molecule has 0 bridgehead atoms. The molecule has 0 saturated carbocycles. The van der Waals surface area contributed by atoms with Gasteiger partial charge in [0.15, 0.2) is 11.6 Å². The second-order valence-corrected chi connectivity index (χ2v) is 4.20. The first-order valence-corrected chi connectivity index (χ1v) is 5.83. The molecule has 0 heterocycles. The molecule has 1 aromatic carbocycles. The number of thioether (sulfide) groups is 1. The maximum absolute atomic E-state index is 13.3. The predicted octanol–water partition coefficient (Wildman–Crippen LogP) is 2.83. The van der Waals surface area contributed by atoms with Crippen molar-refractivity contribution in [1.29, 1.82) is 5.26 Å². The number of hydrogen-bond donors (Lipinski definition) is 0. The first-order chi connectivity index (χ1) is 7.27. The standard InChI is InChI=1S/C11H12FNOS/c1-2-15-6-5-14-11-4-3-9(8-13)7-10(11)12/h3-4,7H,2,5-6H2,1H3. The van der Waals surface area contributed by atoms with Crippen LogP contribution in [0.15, 0.2) is 18.2 Å². The molecule has 1 aromatic rings. The molecular weight excluding hydrogens is 213 g/mol. The summed E-state index contributed by atoms with van der Waals surface area (Å²) in [6, 6.07) is 6.09. The van der Waals surface area contributed by atoms with Crippen LogP contribution in [-0.2, 0) is 0 Å². The van der Waals surface area contributed by atoms with Crippen molar-refractivity contribution in [2.45, 2.75) is 6.92 Å². The van der Waals surface area contributed by atoms with Crippen molar-refractivity contribution in [2.75, 3.05) is 18.1 Å². The van der Waals surface area contributed by atoms with Gasteiger partial charge in [-0.05, 0) is 24.0 Å². The Bertz CT molecular complexity index is 362. The highest BCUT2D eigenvalue weighted by Gasteiger charge is 2.03. The van der Waals surface area contributed by atoms with Crippen molar-refractivity contribution in [3.63, 3.8) is 0 Å². The van der Waals surface area contributed by atoms with Crippen LogP contribution in [0.3, 0.4) is 0 Å². The molecule has 2 nitrogen and oxygen atoms in total. The van der Waals surface area contributed by atoms with Gasteiger partial charge in [0.1, 0.15) is 0 Å². The zero-order valence-corrected chi connectivity index (χ0v) is 9.31. The second-order valence-electron chi connectivity index (χ2n) is 2.80. The third-order valence-corrected chi connectivity index (χ3v) is 2.61. The Hall–Kier alpha value is -1.21. The Morgan fingerprint density at radius 1 is 1.53 bits per heavy atom. The summed E-state index contributed by atoms with van der Waals surface area (Å²) in [5, 5.41) is 8.54. The van der Waals surface area contributed by atoms with Crippen LogP contribution in [0.1, 0.15) is 12.5 Å². The summed E-state index contributed by atoms with van der Waals surface area (Å²) in [6.07, 6.45) is 0. The van der Waals surface area contributed by atoms with E-state index in [1.54, 1.807) is 17.8 Å². The number of hydrogen-bond acceptors (Lipinski definition) is 3. The monoisotopic (exact) mass is 225 g/mol. The van der Waals surface area contributed by atoms with E-state index in [-0.39, 0.29) is 5.75 Å². The number of rotatable bonds is 5. The zero-order chi connectivity index (χ0) is 11.1. The lowest BCUT2D eigenvalue weighted by Gasteiger charge is -2.06. The summed E-state index contributed by atoms with van der Waals surface area (Å²) < 4.78 is 18.5. The number of halogens is 1. The fourth-order valence-electron chi connectivity index (χ4n) is 1.04.